The van der Waals surface area contributed by atoms with Gasteiger partial charge in [-0.15, -0.1) is 0 Å². The Morgan fingerprint density at radius 1 is 1.17 bits per heavy atom. The van der Waals surface area contributed by atoms with E-state index in [9.17, 15) is 0 Å². The van der Waals surface area contributed by atoms with Crippen molar-refractivity contribution in [3.63, 3.8) is 0 Å². The molecule has 0 aliphatic heterocycles. The third-order valence-corrected chi connectivity index (χ3v) is 5.00. The van der Waals surface area contributed by atoms with Crippen molar-refractivity contribution in [1.82, 2.24) is 24.4 Å². The van der Waals surface area contributed by atoms with E-state index in [1.165, 1.54) is 37.8 Å². The molecule has 5 nitrogen and oxygen atoms in total. The van der Waals surface area contributed by atoms with Crippen molar-refractivity contribution >= 4 is 0 Å². The monoisotopic (exact) mass is 313 g/mol. The molecule has 0 aromatic carbocycles. The normalized spacial score (nSPS) is 17.5. The van der Waals surface area contributed by atoms with E-state index in [4.69, 9.17) is 0 Å². The summed E-state index contributed by atoms with van der Waals surface area (Å²) in [5.74, 6) is 0. The Bertz CT molecular complexity index is 588. The molecule has 0 radical (unpaired) electrons. The molecule has 1 aliphatic rings. The van der Waals surface area contributed by atoms with E-state index in [2.05, 4.69) is 38.4 Å². The first-order valence-corrected chi connectivity index (χ1v) is 8.70. The molecule has 1 aliphatic carbocycles. The first-order chi connectivity index (χ1) is 11.2. The second-order valence-electron chi connectivity index (χ2n) is 6.75. The van der Waals surface area contributed by atoms with Crippen LogP contribution in [0, 0.1) is 0 Å². The Hall–Kier alpha value is -1.75. The standard InChI is InChI=1S/C18H27N5/c1-15(10-16-11-19-8-9-21-16)22(2)13-18-12-20-14-23(18)17-6-4-3-5-7-17/h8-9,11-12,14-15,17H,3-7,10,13H2,1-2H3/t15-/m1/s1. The third-order valence-electron chi connectivity index (χ3n) is 5.00. The van der Waals surface area contributed by atoms with Crippen LogP contribution in [-0.2, 0) is 13.0 Å². The van der Waals surface area contributed by atoms with Gasteiger partial charge in [0.1, 0.15) is 0 Å². The summed E-state index contributed by atoms with van der Waals surface area (Å²) < 4.78 is 2.41. The van der Waals surface area contributed by atoms with Gasteiger partial charge in [0.25, 0.3) is 0 Å². The highest BCUT2D eigenvalue weighted by molar-refractivity contribution is 5.02. The molecule has 2 aromatic heterocycles. The van der Waals surface area contributed by atoms with Crippen LogP contribution in [0.1, 0.15) is 56.5 Å². The van der Waals surface area contributed by atoms with E-state index in [-0.39, 0.29) is 0 Å². The van der Waals surface area contributed by atoms with Crippen LogP contribution in [0.25, 0.3) is 0 Å². The molecule has 0 saturated heterocycles. The summed E-state index contributed by atoms with van der Waals surface area (Å²) in [5, 5.41) is 0. The number of hydrogen-bond acceptors (Lipinski definition) is 4. The van der Waals surface area contributed by atoms with Gasteiger partial charge in [-0.1, -0.05) is 19.3 Å². The molecule has 0 bridgehead atoms. The summed E-state index contributed by atoms with van der Waals surface area (Å²) in [6.07, 6.45) is 17.0. The van der Waals surface area contributed by atoms with Crippen LogP contribution >= 0.6 is 0 Å². The zero-order chi connectivity index (χ0) is 16.1. The van der Waals surface area contributed by atoms with Gasteiger partial charge in [-0.2, -0.15) is 0 Å². The smallest absolute Gasteiger partial charge is 0.0951 e. The van der Waals surface area contributed by atoms with Crippen LogP contribution in [0.15, 0.2) is 31.1 Å². The first kappa shape index (κ1) is 16.1. The Morgan fingerprint density at radius 3 is 2.74 bits per heavy atom. The van der Waals surface area contributed by atoms with Gasteiger partial charge in [0.05, 0.1) is 17.7 Å². The molecule has 124 valence electrons. The predicted molar refractivity (Wildman–Crippen MR) is 91.0 cm³/mol. The molecule has 1 fully saturated rings. The minimum Gasteiger partial charge on any atom is -0.330 e. The zero-order valence-corrected chi connectivity index (χ0v) is 14.2. The molecular formula is C18H27N5. The molecule has 0 amide bonds. The summed E-state index contributed by atoms with van der Waals surface area (Å²) in [6.45, 7) is 3.17. The van der Waals surface area contributed by atoms with E-state index >= 15 is 0 Å². The SMILES string of the molecule is C[C@H](Cc1cnccn1)N(C)Cc1cncn1C1CCCCC1. The second kappa shape index (κ2) is 7.68. The fraction of sp³-hybridized carbons (Fsp3) is 0.611. The molecule has 1 saturated carbocycles. The van der Waals surface area contributed by atoms with Crippen LogP contribution in [0.4, 0.5) is 0 Å². The van der Waals surface area contributed by atoms with Crippen molar-refractivity contribution in [2.45, 2.75) is 64.1 Å². The number of imidazole rings is 1. The van der Waals surface area contributed by atoms with E-state index < -0.39 is 0 Å². The summed E-state index contributed by atoms with van der Waals surface area (Å²) in [6, 6.07) is 1.06. The van der Waals surface area contributed by atoms with E-state index in [1.54, 1.807) is 12.4 Å². The summed E-state index contributed by atoms with van der Waals surface area (Å²) >= 11 is 0. The molecule has 2 aromatic rings. The maximum absolute atomic E-state index is 4.41. The molecule has 0 unspecified atom stereocenters. The Balaban J connectivity index is 1.61. The molecule has 0 N–H and O–H groups in total. The summed E-state index contributed by atoms with van der Waals surface area (Å²) in [4.78, 5) is 15.3. The van der Waals surface area contributed by atoms with Crippen molar-refractivity contribution in [2.75, 3.05) is 7.05 Å². The maximum Gasteiger partial charge on any atom is 0.0951 e. The lowest BCUT2D eigenvalue weighted by atomic mass is 9.95. The van der Waals surface area contributed by atoms with E-state index in [1.807, 2.05) is 18.7 Å². The highest BCUT2D eigenvalue weighted by Crippen LogP contribution is 2.29. The van der Waals surface area contributed by atoms with Gasteiger partial charge in [-0.25, -0.2) is 4.98 Å². The number of aromatic nitrogens is 4. The second-order valence-corrected chi connectivity index (χ2v) is 6.75. The third kappa shape index (κ3) is 4.16. The van der Waals surface area contributed by atoms with Crippen molar-refractivity contribution in [3.05, 3.63) is 42.5 Å². The molecule has 2 heterocycles. The minimum atomic E-state index is 0.418. The van der Waals surface area contributed by atoms with Crippen LogP contribution in [0.3, 0.4) is 0 Å². The minimum absolute atomic E-state index is 0.418. The largest absolute Gasteiger partial charge is 0.330 e. The molecule has 0 spiro atoms. The van der Waals surface area contributed by atoms with Gasteiger partial charge in [-0.3, -0.25) is 14.9 Å². The predicted octanol–water partition coefficient (Wildman–Crippen LogP) is 3.24. The molecule has 23 heavy (non-hydrogen) atoms. The van der Waals surface area contributed by atoms with Gasteiger partial charge < -0.3 is 4.57 Å². The van der Waals surface area contributed by atoms with Crippen molar-refractivity contribution in [2.24, 2.45) is 0 Å². The first-order valence-electron chi connectivity index (χ1n) is 8.70. The van der Waals surface area contributed by atoms with Crippen LogP contribution in [0.2, 0.25) is 0 Å². The van der Waals surface area contributed by atoms with Crippen molar-refractivity contribution in [1.29, 1.82) is 0 Å². The fourth-order valence-electron chi connectivity index (χ4n) is 3.45. The molecule has 1 atom stereocenters. The quantitative estimate of drug-likeness (QED) is 0.821. The zero-order valence-electron chi connectivity index (χ0n) is 14.2. The van der Waals surface area contributed by atoms with Crippen molar-refractivity contribution in [3.8, 4) is 0 Å². The summed E-state index contributed by atoms with van der Waals surface area (Å²) in [5.41, 5.74) is 2.37. The highest BCUT2D eigenvalue weighted by atomic mass is 15.2. The van der Waals surface area contributed by atoms with Gasteiger partial charge in [0.15, 0.2) is 0 Å². The van der Waals surface area contributed by atoms with Gasteiger partial charge >= 0.3 is 0 Å². The highest BCUT2D eigenvalue weighted by Gasteiger charge is 2.19. The molecular weight excluding hydrogens is 286 g/mol. The fourth-order valence-corrected chi connectivity index (χ4v) is 3.45. The number of likely N-dealkylation sites (N-methyl/N-ethyl adjacent to an activating group) is 1. The number of nitrogens with zero attached hydrogens (tertiary/aromatic N) is 5. The van der Waals surface area contributed by atoms with Gasteiger partial charge in [0, 0.05) is 49.8 Å². The average Bonchev–Trinajstić information content (AvgIpc) is 3.04. The van der Waals surface area contributed by atoms with E-state index in [0.29, 0.717) is 12.1 Å². The van der Waals surface area contributed by atoms with E-state index in [0.717, 1.165) is 18.7 Å². The van der Waals surface area contributed by atoms with Crippen LogP contribution in [-0.4, -0.2) is 37.5 Å². The summed E-state index contributed by atoms with van der Waals surface area (Å²) in [7, 11) is 2.18. The number of rotatable bonds is 6. The maximum atomic E-state index is 4.41. The molecule has 5 heteroatoms. The molecule has 3 rings (SSSR count). The lowest BCUT2D eigenvalue weighted by molar-refractivity contribution is 0.234. The Kier molecular flexibility index (Phi) is 5.39. The van der Waals surface area contributed by atoms with Crippen LogP contribution < -0.4 is 0 Å². The van der Waals surface area contributed by atoms with Crippen molar-refractivity contribution < 1.29 is 0 Å². The van der Waals surface area contributed by atoms with Gasteiger partial charge in [0.2, 0.25) is 0 Å². The Labute approximate surface area is 138 Å². The lowest BCUT2D eigenvalue weighted by Gasteiger charge is -2.28. The lowest BCUT2D eigenvalue weighted by Crippen LogP contribution is -2.32. The topological polar surface area (TPSA) is 46.8 Å². The average molecular weight is 313 g/mol. The van der Waals surface area contributed by atoms with Gasteiger partial charge in [-0.05, 0) is 26.8 Å². The van der Waals surface area contributed by atoms with Crippen LogP contribution in [0.5, 0.6) is 0 Å². The Morgan fingerprint density at radius 2 is 2.00 bits per heavy atom. The number of hydrogen-bond donors (Lipinski definition) is 0.